The molecule has 3 aromatic rings. The first-order chi connectivity index (χ1) is 12.0. The lowest BCUT2D eigenvalue weighted by molar-refractivity contribution is 0.0833. The highest BCUT2D eigenvalue weighted by Crippen LogP contribution is 2.25. The Hall–Kier alpha value is -2.60. The summed E-state index contributed by atoms with van der Waals surface area (Å²) in [4.78, 5) is 26.3. The standard InChI is InChI=1S/C19H20N2O3S/c1-4-7-13-10-16(25-12(13)3)18(22)20-21-19(23)17-11(2)14-8-5-6-9-15(14)24-17/h5-6,8-10H,4,7H2,1-3H3,(H,20,22)(H,21,23). The number of aryl methyl sites for hydroxylation is 3. The zero-order valence-electron chi connectivity index (χ0n) is 14.4. The maximum absolute atomic E-state index is 12.3. The van der Waals surface area contributed by atoms with E-state index in [0.717, 1.165) is 28.7 Å². The summed E-state index contributed by atoms with van der Waals surface area (Å²) in [5.41, 5.74) is 7.47. The predicted octanol–water partition coefficient (Wildman–Crippen LogP) is 4.14. The van der Waals surface area contributed by atoms with Crippen molar-refractivity contribution in [2.45, 2.75) is 33.6 Å². The molecule has 0 saturated heterocycles. The van der Waals surface area contributed by atoms with Crippen LogP contribution in [0.25, 0.3) is 11.0 Å². The maximum Gasteiger partial charge on any atom is 0.305 e. The number of carbonyl (C=O) groups excluding carboxylic acids is 2. The molecule has 3 rings (SSSR count). The number of rotatable bonds is 4. The number of fused-ring (bicyclic) bond motifs is 1. The molecule has 0 unspecified atom stereocenters. The first kappa shape index (κ1) is 17.2. The van der Waals surface area contributed by atoms with Crippen molar-refractivity contribution in [3.63, 3.8) is 0 Å². The molecule has 0 aliphatic carbocycles. The first-order valence-electron chi connectivity index (χ1n) is 8.19. The fraction of sp³-hybridized carbons (Fsp3) is 0.263. The van der Waals surface area contributed by atoms with Gasteiger partial charge < -0.3 is 4.42 Å². The molecule has 2 aromatic heterocycles. The van der Waals surface area contributed by atoms with Crippen LogP contribution in [0.15, 0.2) is 34.7 Å². The van der Waals surface area contributed by atoms with E-state index >= 15 is 0 Å². The molecule has 0 bridgehead atoms. The minimum atomic E-state index is -0.468. The predicted molar refractivity (Wildman–Crippen MR) is 98.9 cm³/mol. The lowest BCUT2D eigenvalue weighted by Gasteiger charge is -2.04. The fourth-order valence-corrected chi connectivity index (χ4v) is 3.74. The number of hydrogen-bond acceptors (Lipinski definition) is 4. The van der Waals surface area contributed by atoms with E-state index in [9.17, 15) is 9.59 Å². The van der Waals surface area contributed by atoms with Crippen molar-refractivity contribution < 1.29 is 14.0 Å². The molecule has 0 atom stereocenters. The Balaban J connectivity index is 1.70. The molecule has 1 aromatic carbocycles. The first-order valence-corrected chi connectivity index (χ1v) is 9.01. The van der Waals surface area contributed by atoms with Crippen LogP contribution in [-0.4, -0.2) is 11.8 Å². The van der Waals surface area contributed by atoms with Crippen molar-refractivity contribution >= 4 is 34.1 Å². The van der Waals surface area contributed by atoms with Crippen molar-refractivity contribution in [2.24, 2.45) is 0 Å². The van der Waals surface area contributed by atoms with Crippen molar-refractivity contribution in [3.8, 4) is 0 Å². The highest BCUT2D eigenvalue weighted by atomic mass is 32.1. The van der Waals surface area contributed by atoms with Crippen LogP contribution in [0.2, 0.25) is 0 Å². The SMILES string of the molecule is CCCc1cc(C(=O)NNC(=O)c2oc3ccccc3c2C)sc1C. The van der Waals surface area contributed by atoms with Crippen LogP contribution in [-0.2, 0) is 6.42 Å². The van der Waals surface area contributed by atoms with Crippen LogP contribution in [0.3, 0.4) is 0 Å². The second kappa shape index (κ2) is 7.11. The van der Waals surface area contributed by atoms with E-state index in [4.69, 9.17) is 4.42 Å². The topological polar surface area (TPSA) is 71.3 Å². The summed E-state index contributed by atoms with van der Waals surface area (Å²) in [5, 5.41) is 0.886. The van der Waals surface area contributed by atoms with E-state index in [1.54, 1.807) is 6.07 Å². The van der Waals surface area contributed by atoms with E-state index in [0.29, 0.717) is 10.5 Å². The number of carbonyl (C=O) groups is 2. The van der Waals surface area contributed by atoms with Gasteiger partial charge in [0, 0.05) is 15.8 Å². The number of amides is 2. The maximum atomic E-state index is 12.3. The van der Waals surface area contributed by atoms with E-state index in [-0.39, 0.29) is 11.7 Å². The lowest BCUT2D eigenvalue weighted by atomic mass is 10.1. The molecule has 5 nitrogen and oxygen atoms in total. The Morgan fingerprint density at radius 3 is 2.56 bits per heavy atom. The van der Waals surface area contributed by atoms with Gasteiger partial charge in [-0.1, -0.05) is 31.5 Å². The molecule has 2 amide bonds. The summed E-state index contributed by atoms with van der Waals surface area (Å²) in [6.07, 6.45) is 1.97. The number of nitrogens with one attached hydrogen (secondary N) is 2. The van der Waals surface area contributed by atoms with Crippen LogP contribution >= 0.6 is 11.3 Å². The Morgan fingerprint density at radius 1 is 1.12 bits per heavy atom. The Kier molecular flexibility index (Phi) is 4.90. The van der Waals surface area contributed by atoms with Crippen molar-refractivity contribution in [1.29, 1.82) is 0 Å². The molecule has 0 saturated carbocycles. The van der Waals surface area contributed by atoms with Crippen LogP contribution in [0.4, 0.5) is 0 Å². The summed E-state index contributed by atoms with van der Waals surface area (Å²) in [6, 6.07) is 9.33. The van der Waals surface area contributed by atoms with Crippen LogP contribution in [0, 0.1) is 13.8 Å². The number of hydrogen-bond donors (Lipinski definition) is 2. The van der Waals surface area contributed by atoms with Crippen LogP contribution in [0.5, 0.6) is 0 Å². The molecule has 0 radical (unpaired) electrons. The van der Waals surface area contributed by atoms with E-state index in [2.05, 4.69) is 17.8 Å². The van der Waals surface area contributed by atoms with Gasteiger partial charge in [-0.05, 0) is 38.0 Å². The van der Waals surface area contributed by atoms with Gasteiger partial charge in [-0.25, -0.2) is 0 Å². The molecule has 2 N–H and O–H groups in total. The summed E-state index contributed by atoms with van der Waals surface area (Å²) in [6.45, 7) is 5.93. The average molecular weight is 356 g/mol. The summed E-state index contributed by atoms with van der Waals surface area (Å²) in [5.74, 6) is -0.586. The third kappa shape index (κ3) is 3.44. The van der Waals surface area contributed by atoms with Crippen molar-refractivity contribution in [3.05, 3.63) is 57.0 Å². The van der Waals surface area contributed by atoms with Crippen molar-refractivity contribution in [2.75, 3.05) is 0 Å². The molecule has 0 aliphatic rings. The van der Waals surface area contributed by atoms with Gasteiger partial charge in [0.25, 0.3) is 5.91 Å². The highest BCUT2D eigenvalue weighted by molar-refractivity contribution is 7.14. The third-order valence-corrected chi connectivity index (χ3v) is 5.19. The van der Waals surface area contributed by atoms with Gasteiger partial charge in [0.05, 0.1) is 4.88 Å². The minimum Gasteiger partial charge on any atom is -0.451 e. The zero-order valence-corrected chi connectivity index (χ0v) is 15.3. The molecule has 0 spiro atoms. The Morgan fingerprint density at radius 2 is 1.84 bits per heavy atom. The molecule has 130 valence electrons. The second-order valence-electron chi connectivity index (χ2n) is 5.90. The van der Waals surface area contributed by atoms with Gasteiger partial charge in [-0.15, -0.1) is 11.3 Å². The third-order valence-electron chi connectivity index (χ3n) is 4.10. The molecule has 2 heterocycles. The van der Waals surface area contributed by atoms with Crippen molar-refractivity contribution in [1.82, 2.24) is 10.9 Å². The van der Waals surface area contributed by atoms with Gasteiger partial charge >= 0.3 is 5.91 Å². The second-order valence-corrected chi connectivity index (χ2v) is 7.16. The molecule has 0 aliphatic heterocycles. The molecular weight excluding hydrogens is 336 g/mol. The number of thiophene rings is 1. The van der Waals surface area contributed by atoms with Gasteiger partial charge in [-0.2, -0.15) is 0 Å². The zero-order chi connectivity index (χ0) is 18.0. The molecular formula is C19H20N2O3S. The fourth-order valence-electron chi connectivity index (χ4n) is 2.77. The average Bonchev–Trinajstić information content (AvgIpc) is 3.14. The summed E-state index contributed by atoms with van der Waals surface area (Å²) < 4.78 is 5.59. The van der Waals surface area contributed by atoms with Gasteiger partial charge in [0.1, 0.15) is 5.58 Å². The molecule has 0 fully saturated rings. The number of benzene rings is 1. The monoisotopic (exact) mass is 356 g/mol. The summed E-state index contributed by atoms with van der Waals surface area (Å²) in [7, 11) is 0. The lowest BCUT2D eigenvalue weighted by Crippen LogP contribution is -2.41. The molecule has 6 heteroatoms. The largest absolute Gasteiger partial charge is 0.451 e. The normalized spacial score (nSPS) is 10.8. The Labute approximate surface area is 150 Å². The Bertz CT molecular complexity index is 939. The number of furan rings is 1. The van der Waals surface area contributed by atoms with Crippen LogP contribution in [0.1, 0.15) is 49.6 Å². The number of hydrazine groups is 1. The smallest absolute Gasteiger partial charge is 0.305 e. The van der Waals surface area contributed by atoms with E-state index < -0.39 is 5.91 Å². The van der Waals surface area contributed by atoms with E-state index in [1.165, 1.54) is 16.9 Å². The highest BCUT2D eigenvalue weighted by Gasteiger charge is 2.19. The quantitative estimate of drug-likeness (QED) is 0.690. The molecule has 25 heavy (non-hydrogen) atoms. The van der Waals surface area contributed by atoms with Crippen LogP contribution < -0.4 is 10.9 Å². The van der Waals surface area contributed by atoms with Gasteiger partial charge in [-0.3, -0.25) is 20.4 Å². The minimum absolute atomic E-state index is 0.204. The summed E-state index contributed by atoms with van der Waals surface area (Å²) >= 11 is 1.43. The number of para-hydroxylation sites is 1. The van der Waals surface area contributed by atoms with Gasteiger partial charge in [0.15, 0.2) is 5.76 Å². The van der Waals surface area contributed by atoms with Gasteiger partial charge in [0.2, 0.25) is 0 Å². The van der Waals surface area contributed by atoms with E-state index in [1.807, 2.05) is 38.1 Å².